The molecule has 0 aromatic heterocycles. The molecular formula is C25H24N2O5. The van der Waals surface area contributed by atoms with E-state index in [-0.39, 0.29) is 31.1 Å². The Balaban J connectivity index is 1.25. The summed E-state index contributed by atoms with van der Waals surface area (Å²) in [5, 5.41) is 7.82. The second kappa shape index (κ2) is 9.51. The van der Waals surface area contributed by atoms with Gasteiger partial charge in [-0.05, 0) is 53.4 Å². The number of ether oxygens (including phenoxy) is 2. The van der Waals surface area contributed by atoms with Crippen molar-refractivity contribution >= 4 is 34.2 Å². The summed E-state index contributed by atoms with van der Waals surface area (Å²) in [5.41, 5.74) is 2.71. The topological polar surface area (TPSA) is 93.7 Å². The number of hydrogen-bond donors (Lipinski definition) is 2. The Kier molecular flexibility index (Phi) is 6.35. The molecule has 0 bridgehead atoms. The first-order chi connectivity index (χ1) is 15.5. The van der Waals surface area contributed by atoms with Crippen LogP contribution in [0.25, 0.3) is 10.8 Å². The molecule has 0 spiro atoms. The molecule has 0 fully saturated rings. The Morgan fingerprint density at radius 2 is 1.84 bits per heavy atom. The smallest absolute Gasteiger partial charge is 0.344 e. The maximum atomic E-state index is 12.3. The first-order valence-electron chi connectivity index (χ1n) is 10.5. The number of hydrogen-bond acceptors (Lipinski definition) is 5. The third-order valence-corrected chi connectivity index (χ3v) is 5.36. The number of amides is 2. The zero-order chi connectivity index (χ0) is 22.5. The molecule has 3 aromatic rings. The van der Waals surface area contributed by atoms with Gasteiger partial charge in [0, 0.05) is 12.1 Å². The largest absolute Gasteiger partial charge is 0.482 e. The van der Waals surface area contributed by atoms with Gasteiger partial charge in [0.15, 0.2) is 13.2 Å². The fraction of sp³-hybridized carbons (Fsp3) is 0.240. The lowest BCUT2D eigenvalue weighted by Gasteiger charge is -2.18. The Morgan fingerprint density at radius 3 is 2.72 bits per heavy atom. The highest BCUT2D eigenvalue weighted by atomic mass is 16.6. The Hall–Kier alpha value is -3.87. The van der Waals surface area contributed by atoms with E-state index in [1.807, 2.05) is 49.4 Å². The Morgan fingerprint density at radius 1 is 1.03 bits per heavy atom. The van der Waals surface area contributed by atoms with Gasteiger partial charge in [0.25, 0.3) is 5.91 Å². The van der Waals surface area contributed by atoms with Crippen molar-refractivity contribution < 1.29 is 23.9 Å². The van der Waals surface area contributed by atoms with Crippen molar-refractivity contribution in [3.05, 3.63) is 71.8 Å². The number of anilines is 1. The summed E-state index contributed by atoms with van der Waals surface area (Å²) in [6.07, 6.45) is 1.04. The fourth-order valence-electron chi connectivity index (χ4n) is 3.77. The number of rotatable bonds is 7. The van der Waals surface area contributed by atoms with Crippen LogP contribution in [0.1, 0.15) is 30.5 Å². The van der Waals surface area contributed by atoms with Crippen LogP contribution in [0.3, 0.4) is 0 Å². The van der Waals surface area contributed by atoms with E-state index in [4.69, 9.17) is 9.47 Å². The van der Waals surface area contributed by atoms with E-state index in [9.17, 15) is 14.4 Å². The highest BCUT2D eigenvalue weighted by Crippen LogP contribution is 2.27. The van der Waals surface area contributed by atoms with Gasteiger partial charge in [-0.2, -0.15) is 0 Å². The van der Waals surface area contributed by atoms with E-state index in [2.05, 4.69) is 10.6 Å². The van der Waals surface area contributed by atoms with Crippen molar-refractivity contribution in [1.82, 2.24) is 5.32 Å². The van der Waals surface area contributed by atoms with Gasteiger partial charge in [-0.1, -0.05) is 42.5 Å². The number of aryl methyl sites for hydroxylation is 1. The number of benzene rings is 3. The van der Waals surface area contributed by atoms with Crippen LogP contribution in [0.5, 0.6) is 5.75 Å². The molecule has 164 valence electrons. The van der Waals surface area contributed by atoms with E-state index in [0.717, 1.165) is 27.6 Å². The Labute approximate surface area is 185 Å². The van der Waals surface area contributed by atoms with Crippen LogP contribution in [-0.4, -0.2) is 31.0 Å². The molecule has 0 saturated heterocycles. The maximum absolute atomic E-state index is 12.3. The third kappa shape index (κ3) is 5.06. The number of carbonyl (C=O) groups is 3. The normalized spacial score (nSPS) is 13.6. The van der Waals surface area contributed by atoms with E-state index < -0.39 is 5.97 Å². The first kappa shape index (κ1) is 21.4. The SMILES string of the molecule is CC(NC(=O)COC(=O)COc1ccc2c(c1)CCC(=O)N2)c1cccc2ccccc12. The van der Waals surface area contributed by atoms with Crippen molar-refractivity contribution in [3.63, 3.8) is 0 Å². The number of carbonyl (C=O) groups excluding carboxylic acids is 3. The minimum atomic E-state index is -0.635. The maximum Gasteiger partial charge on any atom is 0.344 e. The molecule has 4 rings (SSSR count). The standard InChI is InChI=1S/C25H24N2O5/c1-16(20-8-4-6-17-5-2-3-7-21(17)20)26-24(29)14-32-25(30)15-31-19-10-11-22-18(13-19)9-12-23(28)27-22/h2-8,10-11,13,16H,9,12,14-15H2,1H3,(H,26,29)(H,27,28). The molecule has 2 N–H and O–H groups in total. The van der Waals surface area contributed by atoms with Gasteiger partial charge in [-0.25, -0.2) is 4.79 Å². The highest BCUT2D eigenvalue weighted by molar-refractivity contribution is 5.94. The van der Waals surface area contributed by atoms with Crippen LogP contribution in [0.2, 0.25) is 0 Å². The lowest BCUT2D eigenvalue weighted by atomic mass is 10.00. The second-order valence-electron chi connectivity index (χ2n) is 7.67. The molecule has 7 nitrogen and oxygen atoms in total. The van der Waals surface area contributed by atoms with Gasteiger partial charge < -0.3 is 20.1 Å². The predicted octanol–water partition coefficient (Wildman–Crippen LogP) is 3.52. The van der Waals surface area contributed by atoms with Crippen molar-refractivity contribution in [2.75, 3.05) is 18.5 Å². The number of fused-ring (bicyclic) bond motifs is 2. The van der Waals surface area contributed by atoms with Gasteiger partial charge >= 0.3 is 5.97 Å². The van der Waals surface area contributed by atoms with Gasteiger partial charge in [-0.15, -0.1) is 0 Å². The molecule has 0 saturated carbocycles. The molecule has 7 heteroatoms. The zero-order valence-corrected chi connectivity index (χ0v) is 17.7. The summed E-state index contributed by atoms with van der Waals surface area (Å²) in [5.74, 6) is -0.527. The summed E-state index contributed by atoms with van der Waals surface area (Å²) in [4.78, 5) is 35.7. The molecule has 0 radical (unpaired) electrons. The minimum absolute atomic E-state index is 0.0113. The van der Waals surface area contributed by atoms with Gasteiger partial charge in [0.1, 0.15) is 5.75 Å². The molecule has 32 heavy (non-hydrogen) atoms. The number of nitrogens with one attached hydrogen (secondary N) is 2. The van der Waals surface area contributed by atoms with Crippen LogP contribution >= 0.6 is 0 Å². The van der Waals surface area contributed by atoms with Crippen LogP contribution in [0, 0.1) is 0 Å². The van der Waals surface area contributed by atoms with Crippen LogP contribution in [-0.2, 0) is 25.5 Å². The minimum Gasteiger partial charge on any atom is -0.482 e. The van der Waals surface area contributed by atoms with Gasteiger partial charge in [0.05, 0.1) is 6.04 Å². The van der Waals surface area contributed by atoms with E-state index >= 15 is 0 Å². The van der Waals surface area contributed by atoms with Gasteiger partial charge in [-0.3, -0.25) is 9.59 Å². The fourth-order valence-corrected chi connectivity index (χ4v) is 3.77. The lowest BCUT2D eigenvalue weighted by molar-refractivity contribution is -0.150. The predicted molar refractivity (Wildman–Crippen MR) is 120 cm³/mol. The van der Waals surface area contributed by atoms with E-state index in [0.29, 0.717) is 18.6 Å². The average Bonchev–Trinajstić information content (AvgIpc) is 2.81. The highest BCUT2D eigenvalue weighted by Gasteiger charge is 2.17. The van der Waals surface area contributed by atoms with Gasteiger partial charge in [0.2, 0.25) is 5.91 Å². The lowest BCUT2D eigenvalue weighted by Crippen LogP contribution is -2.32. The zero-order valence-electron chi connectivity index (χ0n) is 17.7. The molecule has 0 aliphatic carbocycles. The molecule has 1 aliphatic rings. The quantitative estimate of drug-likeness (QED) is 0.557. The van der Waals surface area contributed by atoms with Crippen LogP contribution in [0.4, 0.5) is 5.69 Å². The summed E-state index contributed by atoms with van der Waals surface area (Å²) < 4.78 is 10.5. The van der Waals surface area contributed by atoms with Crippen LogP contribution in [0.15, 0.2) is 60.7 Å². The monoisotopic (exact) mass is 432 g/mol. The summed E-state index contributed by atoms with van der Waals surface area (Å²) in [7, 11) is 0. The summed E-state index contributed by atoms with van der Waals surface area (Å²) >= 11 is 0. The van der Waals surface area contributed by atoms with Crippen molar-refractivity contribution in [2.24, 2.45) is 0 Å². The van der Waals surface area contributed by atoms with E-state index in [1.165, 1.54) is 0 Å². The average molecular weight is 432 g/mol. The molecule has 1 unspecified atom stereocenters. The molecular weight excluding hydrogens is 408 g/mol. The molecule has 1 atom stereocenters. The summed E-state index contributed by atoms with van der Waals surface area (Å²) in [6, 6.07) is 18.9. The number of esters is 1. The van der Waals surface area contributed by atoms with Crippen molar-refractivity contribution in [3.8, 4) is 5.75 Å². The molecule has 2 amide bonds. The second-order valence-corrected chi connectivity index (χ2v) is 7.67. The molecule has 3 aromatic carbocycles. The molecule has 1 aliphatic heterocycles. The van der Waals surface area contributed by atoms with Crippen LogP contribution < -0.4 is 15.4 Å². The summed E-state index contributed by atoms with van der Waals surface area (Å²) in [6.45, 7) is 1.20. The van der Waals surface area contributed by atoms with Crippen molar-refractivity contribution in [2.45, 2.75) is 25.8 Å². The van der Waals surface area contributed by atoms with Crippen molar-refractivity contribution in [1.29, 1.82) is 0 Å². The Bertz CT molecular complexity index is 1170. The molecule has 1 heterocycles. The van der Waals surface area contributed by atoms with E-state index in [1.54, 1.807) is 18.2 Å². The first-order valence-corrected chi connectivity index (χ1v) is 10.5. The third-order valence-electron chi connectivity index (χ3n) is 5.36.